The van der Waals surface area contributed by atoms with Crippen molar-refractivity contribution in [1.82, 2.24) is 0 Å². The van der Waals surface area contributed by atoms with Crippen LogP contribution in [0.25, 0.3) is 0 Å². The molecule has 1 atom stereocenters. The van der Waals surface area contributed by atoms with E-state index in [2.05, 4.69) is 10.6 Å². The summed E-state index contributed by atoms with van der Waals surface area (Å²) >= 11 is 7.33. The van der Waals surface area contributed by atoms with Crippen LogP contribution in [-0.2, 0) is 4.79 Å². The Kier molecular flexibility index (Phi) is 6.21. The Labute approximate surface area is 166 Å². The van der Waals surface area contributed by atoms with Gasteiger partial charge in [0.05, 0.1) is 11.5 Å². The molecule has 2 aromatic carbocycles. The van der Waals surface area contributed by atoms with E-state index in [4.69, 9.17) is 16.0 Å². The maximum Gasteiger partial charge on any atom is 0.291 e. The standard InChI is InChI=1S/C20H17ClN2O3S/c1-13(19(24)22-15-6-2-5-14(21)11-15)27-17-8-3-7-16(12-17)23-20(25)18-9-4-10-26-18/h2-13H,1H3,(H,22,24)(H,23,25). The second-order valence-corrected chi connectivity index (χ2v) is 7.57. The van der Waals surface area contributed by atoms with Crippen molar-refractivity contribution in [3.8, 4) is 0 Å². The topological polar surface area (TPSA) is 71.3 Å². The molecule has 2 N–H and O–H groups in total. The molecule has 5 nitrogen and oxygen atoms in total. The number of nitrogens with one attached hydrogen (secondary N) is 2. The average molecular weight is 401 g/mol. The maximum absolute atomic E-state index is 12.4. The molecule has 138 valence electrons. The Morgan fingerprint density at radius 1 is 1.00 bits per heavy atom. The molecule has 0 aliphatic carbocycles. The molecule has 0 aliphatic rings. The van der Waals surface area contributed by atoms with Gasteiger partial charge in [-0.25, -0.2) is 0 Å². The molecule has 0 saturated heterocycles. The molecule has 7 heteroatoms. The highest BCUT2D eigenvalue weighted by molar-refractivity contribution is 8.00. The zero-order chi connectivity index (χ0) is 19.2. The number of benzene rings is 2. The van der Waals surface area contributed by atoms with Crippen molar-refractivity contribution in [3.05, 3.63) is 77.7 Å². The van der Waals surface area contributed by atoms with E-state index in [9.17, 15) is 9.59 Å². The van der Waals surface area contributed by atoms with Gasteiger partial charge in [-0.05, 0) is 55.5 Å². The lowest BCUT2D eigenvalue weighted by atomic mass is 10.3. The molecular weight excluding hydrogens is 384 g/mol. The SMILES string of the molecule is CC(Sc1cccc(NC(=O)c2ccco2)c1)C(=O)Nc1cccc(Cl)c1. The molecule has 0 aliphatic heterocycles. The van der Waals surface area contributed by atoms with Crippen LogP contribution < -0.4 is 10.6 Å². The first-order chi connectivity index (χ1) is 13.0. The Balaban J connectivity index is 1.61. The van der Waals surface area contributed by atoms with Crippen LogP contribution in [-0.4, -0.2) is 17.1 Å². The zero-order valence-electron chi connectivity index (χ0n) is 14.4. The molecule has 0 radical (unpaired) electrons. The summed E-state index contributed by atoms with van der Waals surface area (Å²) in [6.45, 7) is 1.82. The highest BCUT2D eigenvalue weighted by Crippen LogP contribution is 2.27. The minimum Gasteiger partial charge on any atom is -0.459 e. The normalized spacial score (nSPS) is 11.6. The van der Waals surface area contributed by atoms with Crippen LogP contribution in [0.15, 0.2) is 76.2 Å². The fraction of sp³-hybridized carbons (Fsp3) is 0.100. The lowest BCUT2D eigenvalue weighted by Crippen LogP contribution is -2.22. The number of rotatable bonds is 6. The molecule has 0 bridgehead atoms. The molecule has 1 unspecified atom stereocenters. The van der Waals surface area contributed by atoms with Gasteiger partial charge in [0.15, 0.2) is 5.76 Å². The van der Waals surface area contributed by atoms with Crippen molar-refractivity contribution in [2.45, 2.75) is 17.1 Å². The minimum absolute atomic E-state index is 0.132. The van der Waals surface area contributed by atoms with Crippen molar-refractivity contribution in [2.75, 3.05) is 10.6 Å². The summed E-state index contributed by atoms with van der Waals surface area (Å²) in [5, 5.41) is 5.84. The van der Waals surface area contributed by atoms with Gasteiger partial charge < -0.3 is 15.1 Å². The number of amides is 2. The van der Waals surface area contributed by atoms with Crippen molar-refractivity contribution in [1.29, 1.82) is 0 Å². The van der Waals surface area contributed by atoms with Gasteiger partial charge in [0.2, 0.25) is 5.91 Å². The molecule has 27 heavy (non-hydrogen) atoms. The molecule has 3 aromatic rings. The van der Waals surface area contributed by atoms with Crippen LogP contribution in [0.2, 0.25) is 5.02 Å². The van der Waals surface area contributed by atoms with Gasteiger partial charge in [-0.15, -0.1) is 11.8 Å². The summed E-state index contributed by atoms with van der Waals surface area (Å²) in [5.74, 6) is -0.219. The van der Waals surface area contributed by atoms with Crippen LogP contribution in [0.3, 0.4) is 0 Å². The van der Waals surface area contributed by atoms with E-state index < -0.39 is 0 Å². The number of anilines is 2. The van der Waals surface area contributed by atoms with Gasteiger partial charge in [-0.3, -0.25) is 9.59 Å². The van der Waals surface area contributed by atoms with E-state index in [1.54, 1.807) is 42.5 Å². The summed E-state index contributed by atoms with van der Waals surface area (Å²) in [6.07, 6.45) is 1.45. The first-order valence-electron chi connectivity index (χ1n) is 8.19. The number of carbonyl (C=O) groups is 2. The van der Waals surface area contributed by atoms with Gasteiger partial charge in [0.25, 0.3) is 5.91 Å². The first-order valence-corrected chi connectivity index (χ1v) is 9.45. The second-order valence-electron chi connectivity index (χ2n) is 5.72. The Morgan fingerprint density at radius 3 is 2.44 bits per heavy atom. The summed E-state index contributed by atoms with van der Waals surface area (Å²) in [6, 6.07) is 17.6. The number of halogens is 1. The highest BCUT2D eigenvalue weighted by Gasteiger charge is 2.15. The van der Waals surface area contributed by atoms with E-state index in [1.807, 2.05) is 25.1 Å². The van der Waals surface area contributed by atoms with Crippen molar-refractivity contribution in [2.24, 2.45) is 0 Å². The molecule has 0 saturated carbocycles. The number of furan rings is 1. The van der Waals surface area contributed by atoms with Gasteiger partial charge >= 0.3 is 0 Å². The van der Waals surface area contributed by atoms with E-state index in [0.717, 1.165) is 4.90 Å². The fourth-order valence-electron chi connectivity index (χ4n) is 2.32. The fourth-order valence-corrected chi connectivity index (χ4v) is 3.43. The maximum atomic E-state index is 12.4. The largest absolute Gasteiger partial charge is 0.459 e. The molecule has 1 aromatic heterocycles. The predicted octanol–water partition coefficient (Wildman–Crippen LogP) is 5.30. The highest BCUT2D eigenvalue weighted by atomic mass is 35.5. The van der Waals surface area contributed by atoms with Crippen molar-refractivity contribution >= 4 is 46.6 Å². The van der Waals surface area contributed by atoms with E-state index >= 15 is 0 Å². The molecule has 2 amide bonds. The molecule has 0 spiro atoms. The van der Waals surface area contributed by atoms with Crippen molar-refractivity contribution in [3.63, 3.8) is 0 Å². The number of hydrogen-bond donors (Lipinski definition) is 2. The van der Waals surface area contributed by atoms with Gasteiger partial charge in [-0.1, -0.05) is 23.7 Å². The number of carbonyl (C=O) groups excluding carboxylic acids is 2. The summed E-state index contributed by atoms with van der Waals surface area (Å²) in [7, 11) is 0. The van der Waals surface area contributed by atoms with E-state index in [-0.39, 0.29) is 22.8 Å². The zero-order valence-corrected chi connectivity index (χ0v) is 16.0. The predicted molar refractivity (Wildman–Crippen MR) is 109 cm³/mol. The molecule has 3 rings (SSSR count). The van der Waals surface area contributed by atoms with Gasteiger partial charge in [0, 0.05) is 21.3 Å². The molecule has 0 fully saturated rings. The van der Waals surface area contributed by atoms with Gasteiger partial charge in [-0.2, -0.15) is 0 Å². The van der Waals surface area contributed by atoms with Crippen LogP contribution in [0.1, 0.15) is 17.5 Å². The third-order valence-electron chi connectivity index (χ3n) is 3.61. The monoisotopic (exact) mass is 400 g/mol. The van der Waals surface area contributed by atoms with E-state index in [1.165, 1.54) is 18.0 Å². The quantitative estimate of drug-likeness (QED) is 0.550. The van der Waals surface area contributed by atoms with Crippen LogP contribution in [0.5, 0.6) is 0 Å². The Bertz CT molecular complexity index is 944. The van der Waals surface area contributed by atoms with Crippen molar-refractivity contribution < 1.29 is 14.0 Å². The van der Waals surface area contributed by atoms with E-state index in [0.29, 0.717) is 16.4 Å². The Hall–Kier alpha value is -2.70. The Morgan fingerprint density at radius 2 is 1.74 bits per heavy atom. The third-order valence-corrected chi connectivity index (χ3v) is 4.94. The number of thioether (sulfide) groups is 1. The molecule has 1 heterocycles. The van der Waals surface area contributed by atoms with Gasteiger partial charge in [0.1, 0.15) is 0 Å². The summed E-state index contributed by atoms with van der Waals surface area (Å²) in [5.41, 5.74) is 1.28. The second kappa shape index (κ2) is 8.79. The smallest absolute Gasteiger partial charge is 0.291 e. The minimum atomic E-state index is -0.333. The van der Waals surface area contributed by atoms with Crippen LogP contribution in [0, 0.1) is 0 Å². The summed E-state index contributed by atoms with van der Waals surface area (Å²) in [4.78, 5) is 25.3. The van der Waals surface area contributed by atoms with Crippen LogP contribution >= 0.6 is 23.4 Å². The number of hydrogen-bond acceptors (Lipinski definition) is 4. The lowest BCUT2D eigenvalue weighted by molar-refractivity contribution is -0.115. The molecular formula is C20H17ClN2O3S. The average Bonchev–Trinajstić information content (AvgIpc) is 3.17. The summed E-state index contributed by atoms with van der Waals surface area (Å²) < 4.78 is 5.08. The third kappa shape index (κ3) is 5.39. The first kappa shape index (κ1) is 19.1. The van der Waals surface area contributed by atoms with Crippen LogP contribution in [0.4, 0.5) is 11.4 Å². The lowest BCUT2D eigenvalue weighted by Gasteiger charge is -2.13.